The van der Waals surface area contributed by atoms with Gasteiger partial charge in [0.25, 0.3) is 0 Å². The fourth-order valence-electron chi connectivity index (χ4n) is 2.38. The number of carbonyl (C=O) groups is 1. The molecular formula is C9H17NO3. The molecule has 1 aliphatic rings. The molecule has 0 aliphatic carbocycles. The van der Waals surface area contributed by atoms with Gasteiger partial charge in [-0.15, -0.1) is 0 Å². The highest BCUT2D eigenvalue weighted by molar-refractivity contribution is 5.74. The summed E-state index contributed by atoms with van der Waals surface area (Å²) in [5.74, 6) is -0.823. The molecule has 1 saturated heterocycles. The van der Waals surface area contributed by atoms with Crippen molar-refractivity contribution < 1.29 is 15.0 Å². The normalized spacial score (nSPS) is 41.8. The van der Waals surface area contributed by atoms with Crippen molar-refractivity contribution in [1.29, 1.82) is 0 Å². The van der Waals surface area contributed by atoms with E-state index in [0.717, 1.165) is 0 Å². The zero-order valence-electron chi connectivity index (χ0n) is 8.19. The van der Waals surface area contributed by atoms with Crippen molar-refractivity contribution in [2.75, 3.05) is 0 Å². The third kappa shape index (κ3) is 1.84. The molecule has 4 nitrogen and oxygen atoms in total. The van der Waals surface area contributed by atoms with Crippen molar-refractivity contribution in [3.8, 4) is 0 Å². The molecule has 0 unspecified atom stereocenters. The Morgan fingerprint density at radius 3 is 2.23 bits per heavy atom. The molecule has 3 N–H and O–H groups in total. The number of aliphatic hydroxyl groups is 1. The van der Waals surface area contributed by atoms with Gasteiger partial charge >= 0.3 is 5.97 Å². The second-order valence-corrected chi connectivity index (χ2v) is 3.95. The van der Waals surface area contributed by atoms with Crippen LogP contribution >= 0.6 is 0 Å². The number of hydrogen-bond donors (Lipinski definition) is 3. The van der Waals surface area contributed by atoms with Crippen LogP contribution in [-0.4, -0.2) is 34.4 Å². The molecule has 76 valence electrons. The van der Waals surface area contributed by atoms with Crippen LogP contribution in [0.4, 0.5) is 0 Å². The smallest absolute Gasteiger partial charge is 0.320 e. The Kier molecular flexibility index (Phi) is 2.93. The van der Waals surface area contributed by atoms with Crippen molar-refractivity contribution in [3.63, 3.8) is 0 Å². The predicted octanol–water partition coefficient (Wildman–Crippen LogP) is 0.0644. The maximum Gasteiger partial charge on any atom is 0.320 e. The second kappa shape index (κ2) is 3.64. The van der Waals surface area contributed by atoms with Gasteiger partial charge in [0.05, 0.1) is 6.10 Å². The molecule has 1 rings (SSSR count). The van der Waals surface area contributed by atoms with E-state index in [2.05, 4.69) is 5.32 Å². The van der Waals surface area contributed by atoms with Crippen molar-refractivity contribution in [1.82, 2.24) is 5.32 Å². The van der Waals surface area contributed by atoms with Crippen LogP contribution in [0.1, 0.15) is 20.8 Å². The quantitative estimate of drug-likeness (QED) is 0.572. The molecule has 5 atom stereocenters. The first-order valence-electron chi connectivity index (χ1n) is 4.62. The summed E-state index contributed by atoms with van der Waals surface area (Å²) in [6, 6.07) is -0.453. The van der Waals surface area contributed by atoms with Crippen molar-refractivity contribution in [2.24, 2.45) is 11.8 Å². The Morgan fingerprint density at radius 1 is 1.46 bits per heavy atom. The first-order chi connectivity index (χ1) is 5.95. The number of carboxylic acid groups (broad SMARTS) is 1. The summed E-state index contributed by atoms with van der Waals surface area (Å²) in [7, 11) is 0. The lowest BCUT2D eigenvalue weighted by Crippen LogP contribution is -2.36. The fourth-order valence-corrected chi connectivity index (χ4v) is 2.38. The summed E-state index contributed by atoms with van der Waals surface area (Å²) >= 11 is 0. The van der Waals surface area contributed by atoms with E-state index in [9.17, 15) is 9.90 Å². The number of hydrogen-bond acceptors (Lipinski definition) is 3. The average molecular weight is 187 g/mol. The number of carboxylic acids is 1. The molecule has 4 heteroatoms. The predicted molar refractivity (Wildman–Crippen MR) is 48.4 cm³/mol. The molecule has 0 aromatic heterocycles. The van der Waals surface area contributed by atoms with Crippen LogP contribution in [0.2, 0.25) is 0 Å². The van der Waals surface area contributed by atoms with E-state index < -0.39 is 18.1 Å². The zero-order chi connectivity index (χ0) is 10.2. The van der Waals surface area contributed by atoms with Gasteiger partial charge in [-0.05, 0) is 19.8 Å². The van der Waals surface area contributed by atoms with Gasteiger partial charge in [0.2, 0.25) is 0 Å². The highest BCUT2D eigenvalue weighted by Gasteiger charge is 2.43. The number of aliphatic carboxylic acids is 1. The monoisotopic (exact) mass is 187 g/mol. The van der Waals surface area contributed by atoms with Gasteiger partial charge in [0.15, 0.2) is 0 Å². The first-order valence-corrected chi connectivity index (χ1v) is 4.62. The van der Waals surface area contributed by atoms with Crippen molar-refractivity contribution in [2.45, 2.75) is 39.0 Å². The summed E-state index contributed by atoms with van der Waals surface area (Å²) in [5, 5.41) is 21.3. The maximum absolute atomic E-state index is 10.8. The van der Waals surface area contributed by atoms with Crippen LogP contribution in [0.5, 0.6) is 0 Å². The lowest BCUT2D eigenvalue weighted by Gasteiger charge is -2.22. The number of nitrogens with one attached hydrogen (secondary N) is 1. The van der Waals surface area contributed by atoms with Gasteiger partial charge in [-0.1, -0.05) is 6.92 Å². The van der Waals surface area contributed by atoms with Crippen LogP contribution in [-0.2, 0) is 4.79 Å². The van der Waals surface area contributed by atoms with Gasteiger partial charge in [0.1, 0.15) is 6.04 Å². The number of aliphatic hydroxyl groups excluding tert-OH is 1. The largest absolute Gasteiger partial charge is 0.480 e. The molecule has 0 radical (unpaired) electrons. The standard InChI is InChI=1S/C9H17NO3/c1-4-7(6(3)11)5(2)10-8(4)9(12)13/h4-8,10-11H,1-3H3,(H,12,13)/t4-,5-,6-,7-,8-/m0/s1. The first kappa shape index (κ1) is 10.5. The van der Waals surface area contributed by atoms with Crippen LogP contribution in [0.15, 0.2) is 0 Å². The van der Waals surface area contributed by atoms with E-state index in [-0.39, 0.29) is 17.9 Å². The molecule has 0 amide bonds. The summed E-state index contributed by atoms with van der Waals surface area (Å²) in [6.45, 7) is 5.49. The van der Waals surface area contributed by atoms with E-state index in [1.54, 1.807) is 6.92 Å². The topological polar surface area (TPSA) is 69.6 Å². The summed E-state index contributed by atoms with van der Waals surface area (Å²) in [6.07, 6.45) is -0.457. The summed E-state index contributed by atoms with van der Waals surface area (Å²) in [5.41, 5.74) is 0. The summed E-state index contributed by atoms with van der Waals surface area (Å²) in [4.78, 5) is 10.8. The summed E-state index contributed by atoms with van der Waals surface area (Å²) < 4.78 is 0. The lowest BCUT2D eigenvalue weighted by atomic mass is 9.85. The van der Waals surface area contributed by atoms with Crippen LogP contribution in [0.3, 0.4) is 0 Å². The number of rotatable bonds is 2. The lowest BCUT2D eigenvalue weighted by molar-refractivity contribution is -0.140. The molecule has 13 heavy (non-hydrogen) atoms. The SMILES string of the molecule is C[C@H]1[C@H]([C@H](C)O)[C@H](C)N[C@@H]1C(=O)O. The Bertz CT molecular complexity index is 205. The minimum Gasteiger partial charge on any atom is -0.480 e. The Hall–Kier alpha value is -0.610. The van der Waals surface area contributed by atoms with Gasteiger partial charge in [0, 0.05) is 12.0 Å². The average Bonchev–Trinajstić information content (AvgIpc) is 2.26. The third-order valence-corrected chi connectivity index (χ3v) is 2.98. The van der Waals surface area contributed by atoms with Crippen LogP contribution in [0, 0.1) is 11.8 Å². The van der Waals surface area contributed by atoms with E-state index in [0.29, 0.717) is 0 Å². The molecule has 0 spiro atoms. The van der Waals surface area contributed by atoms with E-state index >= 15 is 0 Å². The molecule has 0 saturated carbocycles. The third-order valence-electron chi connectivity index (χ3n) is 2.98. The van der Waals surface area contributed by atoms with E-state index in [1.807, 2.05) is 13.8 Å². The van der Waals surface area contributed by atoms with Gasteiger partial charge in [-0.25, -0.2) is 0 Å². The zero-order valence-corrected chi connectivity index (χ0v) is 8.19. The minimum atomic E-state index is -0.831. The van der Waals surface area contributed by atoms with E-state index in [4.69, 9.17) is 5.11 Å². The van der Waals surface area contributed by atoms with E-state index in [1.165, 1.54) is 0 Å². The molecule has 1 aliphatic heterocycles. The molecule has 0 bridgehead atoms. The highest BCUT2D eigenvalue weighted by atomic mass is 16.4. The van der Waals surface area contributed by atoms with Gasteiger partial charge < -0.3 is 15.5 Å². The molecule has 0 aromatic carbocycles. The maximum atomic E-state index is 10.8. The van der Waals surface area contributed by atoms with Crippen molar-refractivity contribution >= 4 is 5.97 Å². The molecule has 0 aromatic rings. The Labute approximate surface area is 78.0 Å². The highest BCUT2D eigenvalue weighted by Crippen LogP contribution is 2.29. The van der Waals surface area contributed by atoms with Gasteiger partial charge in [-0.3, -0.25) is 4.79 Å². The second-order valence-electron chi connectivity index (χ2n) is 3.95. The molecule has 1 heterocycles. The van der Waals surface area contributed by atoms with Crippen LogP contribution in [0.25, 0.3) is 0 Å². The van der Waals surface area contributed by atoms with Gasteiger partial charge in [-0.2, -0.15) is 0 Å². The Morgan fingerprint density at radius 2 is 2.00 bits per heavy atom. The van der Waals surface area contributed by atoms with Crippen LogP contribution < -0.4 is 5.32 Å². The van der Waals surface area contributed by atoms with Crippen molar-refractivity contribution in [3.05, 3.63) is 0 Å². The molecule has 1 fully saturated rings. The molecular weight excluding hydrogens is 170 g/mol. The minimum absolute atomic E-state index is 0.0208. The fraction of sp³-hybridized carbons (Fsp3) is 0.889. The Balaban J connectivity index is 2.75.